The van der Waals surface area contributed by atoms with Gasteiger partial charge in [0.2, 0.25) is 5.91 Å². The van der Waals surface area contributed by atoms with Gasteiger partial charge in [0.25, 0.3) is 5.91 Å². The smallest absolute Gasteiger partial charge is 0.328 e. The molecule has 0 spiro atoms. The first-order valence-corrected chi connectivity index (χ1v) is 6.05. The third-order valence-electron chi connectivity index (χ3n) is 2.38. The van der Waals surface area contributed by atoms with E-state index in [-0.39, 0.29) is 6.42 Å². The highest BCUT2D eigenvalue weighted by Gasteiger charge is 2.28. The number of carbonyl (C=O) groups excluding carboxylic acids is 3. The lowest BCUT2D eigenvalue weighted by molar-refractivity contribution is -0.144. The molecule has 1 heterocycles. The van der Waals surface area contributed by atoms with Gasteiger partial charge in [-0.15, -0.1) is 0 Å². The number of nitrogens with two attached hydrogens (primary N) is 1. The predicted molar refractivity (Wildman–Crippen MR) is 69.5 cm³/mol. The molecular weight excluding hydrogens is 302 g/mol. The Labute approximate surface area is 124 Å². The topological polar surface area (TPSA) is 196 Å². The van der Waals surface area contributed by atoms with E-state index in [9.17, 15) is 24.0 Å². The molecular formula is C11H17N3O8. The Balaban J connectivity index is 0.000000461. The van der Waals surface area contributed by atoms with E-state index in [1.165, 1.54) is 6.92 Å². The summed E-state index contributed by atoms with van der Waals surface area (Å²) in [5.74, 6) is -4.42. The lowest BCUT2D eigenvalue weighted by atomic mass is 10.1. The van der Waals surface area contributed by atoms with Crippen molar-refractivity contribution in [2.45, 2.75) is 31.5 Å². The second-order valence-corrected chi connectivity index (χ2v) is 4.37. The fourth-order valence-electron chi connectivity index (χ4n) is 1.30. The number of carboxylic acid groups (broad SMARTS) is 2. The van der Waals surface area contributed by atoms with Crippen molar-refractivity contribution in [3.05, 3.63) is 0 Å². The minimum absolute atomic E-state index is 0.0845. The van der Waals surface area contributed by atoms with Crippen LogP contribution >= 0.6 is 0 Å². The summed E-state index contributed by atoms with van der Waals surface area (Å²) in [7, 11) is 0. The van der Waals surface area contributed by atoms with Gasteiger partial charge in [0.1, 0.15) is 6.10 Å². The molecule has 0 bridgehead atoms. The number of hydrogen-bond donors (Lipinski definition) is 6. The fraction of sp³-hybridized carbons (Fsp3) is 0.545. The number of rotatable bonds is 6. The molecule has 2 amide bonds. The fourth-order valence-corrected chi connectivity index (χ4v) is 1.30. The van der Waals surface area contributed by atoms with Crippen LogP contribution in [0.25, 0.3) is 0 Å². The Morgan fingerprint density at radius 2 is 1.91 bits per heavy atom. The van der Waals surface area contributed by atoms with Crippen LogP contribution in [0.1, 0.15) is 13.3 Å². The van der Waals surface area contributed by atoms with E-state index < -0.39 is 54.3 Å². The number of aliphatic carboxylic acids is 2. The van der Waals surface area contributed by atoms with Gasteiger partial charge in [-0.05, 0) is 6.92 Å². The van der Waals surface area contributed by atoms with Crippen LogP contribution in [0, 0.1) is 0 Å². The van der Waals surface area contributed by atoms with E-state index >= 15 is 0 Å². The van der Waals surface area contributed by atoms with Crippen molar-refractivity contribution >= 4 is 29.5 Å². The molecule has 0 aromatic heterocycles. The summed E-state index contributed by atoms with van der Waals surface area (Å²) in [5.41, 5.74) is 5.18. The number of amides is 2. The predicted octanol–water partition coefficient (Wildman–Crippen LogP) is -3.58. The van der Waals surface area contributed by atoms with Gasteiger partial charge in [0.05, 0.1) is 19.0 Å². The van der Waals surface area contributed by atoms with Crippen LogP contribution in [0.4, 0.5) is 0 Å². The average Bonchev–Trinajstić information content (AvgIpc) is 2.66. The number of aliphatic hydroxyl groups is 1. The van der Waals surface area contributed by atoms with Crippen molar-refractivity contribution in [1.29, 1.82) is 0 Å². The number of carbonyl (C=O) groups is 5. The Morgan fingerprint density at radius 3 is 2.14 bits per heavy atom. The normalized spacial score (nSPS) is 19.5. The molecule has 3 unspecified atom stereocenters. The summed E-state index contributed by atoms with van der Waals surface area (Å²) >= 11 is 0. The molecule has 0 aliphatic carbocycles. The zero-order valence-corrected chi connectivity index (χ0v) is 11.6. The zero-order chi connectivity index (χ0) is 17.4. The SMILES string of the molecule is CC(N)C(=O)C(NCC(=O)O)C(=O)O.O=C1CC(O)C(=O)N1. The van der Waals surface area contributed by atoms with Crippen LogP contribution in [-0.2, 0) is 24.0 Å². The van der Waals surface area contributed by atoms with E-state index in [0.717, 1.165) is 0 Å². The summed E-state index contributed by atoms with van der Waals surface area (Å²) in [6.07, 6.45) is -1.19. The maximum absolute atomic E-state index is 11.1. The molecule has 1 fully saturated rings. The van der Waals surface area contributed by atoms with Crippen LogP contribution in [0.15, 0.2) is 0 Å². The Morgan fingerprint density at radius 1 is 1.36 bits per heavy atom. The molecule has 11 nitrogen and oxygen atoms in total. The monoisotopic (exact) mass is 319 g/mol. The third-order valence-corrected chi connectivity index (χ3v) is 2.38. The molecule has 0 aromatic rings. The standard InChI is InChI=1S/C7H12N2O5.C4H5NO3/c1-3(8)6(12)5(7(13)14)9-2-4(10)11;6-2-1-3(7)5-4(2)8/h3,5,9H,2,8H2,1H3,(H,10,11)(H,13,14);2,6H,1H2,(H,5,7,8). The third kappa shape index (κ3) is 6.88. The maximum atomic E-state index is 11.1. The van der Waals surface area contributed by atoms with Crippen molar-refractivity contribution in [3.8, 4) is 0 Å². The number of Topliss-reactive ketones (excluding diaryl/α,β-unsaturated/α-hetero) is 1. The van der Waals surface area contributed by atoms with Gasteiger partial charge in [-0.2, -0.15) is 0 Å². The summed E-state index contributed by atoms with van der Waals surface area (Å²) in [5, 5.41) is 29.4. The minimum atomic E-state index is -1.56. The molecule has 7 N–H and O–H groups in total. The molecule has 3 atom stereocenters. The number of hydrogen-bond acceptors (Lipinski definition) is 8. The molecule has 0 radical (unpaired) electrons. The van der Waals surface area contributed by atoms with Gasteiger partial charge in [-0.1, -0.05) is 0 Å². The van der Waals surface area contributed by atoms with Crippen LogP contribution in [-0.4, -0.2) is 69.6 Å². The van der Waals surface area contributed by atoms with E-state index in [2.05, 4.69) is 5.32 Å². The first-order valence-electron chi connectivity index (χ1n) is 6.05. The quantitative estimate of drug-likeness (QED) is 0.210. The van der Waals surface area contributed by atoms with Crippen LogP contribution < -0.4 is 16.4 Å². The van der Waals surface area contributed by atoms with Gasteiger partial charge in [0, 0.05) is 0 Å². The van der Waals surface area contributed by atoms with Crippen molar-refractivity contribution in [3.63, 3.8) is 0 Å². The second kappa shape index (κ2) is 8.81. The van der Waals surface area contributed by atoms with Crippen molar-refractivity contribution in [1.82, 2.24) is 10.6 Å². The number of imide groups is 1. The lowest BCUT2D eigenvalue weighted by Gasteiger charge is -2.13. The van der Waals surface area contributed by atoms with Crippen molar-refractivity contribution in [2.75, 3.05) is 6.54 Å². The molecule has 1 aliphatic rings. The average molecular weight is 319 g/mol. The van der Waals surface area contributed by atoms with Gasteiger partial charge >= 0.3 is 11.9 Å². The first-order chi connectivity index (χ1) is 10.1. The van der Waals surface area contributed by atoms with Crippen molar-refractivity contribution in [2.24, 2.45) is 5.73 Å². The van der Waals surface area contributed by atoms with E-state index in [1.54, 1.807) is 0 Å². The molecule has 1 aliphatic heterocycles. The molecule has 1 saturated heterocycles. The summed E-state index contributed by atoms with van der Waals surface area (Å²) in [6, 6.07) is -2.51. The van der Waals surface area contributed by atoms with Gasteiger partial charge in [0.15, 0.2) is 11.8 Å². The van der Waals surface area contributed by atoms with E-state index in [0.29, 0.717) is 0 Å². The zero-order valence-electron chi connectivity index (χ0n) is 11.6. The number of aliphatic hydroxyl groups excluding tert-OH is 1. The minimum Gasteiger partial charge on any atom is -0.480 e. The van der Waals surface area contributed by atoms with Crippen LogP contribution in [0.2, 0.25) is 0 Å². The first kappa shape index (κ1) is 19.6. The van der Waals surface area contributed by atoms with Crippen LogP contribution in [0.5, 0.6) is 0 Å². The lowest BCUT2D eigenvalue weighted by Crippen LogP contribution is -2.50. The summed E-state index contributed by atoms with van der Waals surface area (Å²) in [4.78, 5) is 52.2. The Bertz CT molecular complexity index is 476. The molecule has 124 valence electrons. The summed E-state index contributed by atoms with van der Waals surface area (Å²) < 4.78 is 0. The Hall–Kier alpha value is -2.37. The van der Waals surface area contributed by atoms with Gasteiger partial charge < -0.3 is 21.1 Å². The largest absolute Gasteiger partial charge is 0.480 e. The van der Waals surface area contributed by atoms with E-state index in [1.807, 2.05) is 5.32 Å². The highest BCUT2D eigenvalue weighted by Crippen LogP contribution is 1.98. The molecule has 1 rings (SSSR count). The maximum Gasteiger partial charge on any atom is 0.328 e. The van der Waals surface area contributed by atoms with E-state index in [4.69, 9.17) is 21.1 Å². The second-order valence-electron chi connectivity index (χ2n) is 4.37. The van der Waals surface area contributed by atoms with Crippen molar-refractivity contribution < 1.29 is 39.3 Å². The molecule has 22 heavy (non-hydrogen) atoms. The molecule has 11 heteroatoms. The Kier molecular flexibility index (Phi) is 7.87. The highest BCUT2D eigenvalue weighted by atomic mass is 16.4. The number of nitrogens with one attached hydrogen (secondary N) is 2. The van der Waals surface area contributed by atoms with Gasteiger partial charge in [-0.25, -0.2) is 0 Å². The number of ketones is 1. The molecule has 0 aromatic carbocycles. The molecule has 0 saturated carbocycles. The van der Waals surface area contributed by atoms with Gasteiger partial charge in [-0.3, -0.25) is 34.6 Å². The highest BCUT2D eigenvalue weighted by molar-refractivity contribution is 6.05. The van der Waals surface area contributed by atoms with Crippen LogP contribution in [0.3, 0.4) is 0 Å². The summed E-state index contributed by atoms with van der Waals surface area (Å²) in [6.45, 7) is 0.732. The number of carboxylic acids is 2.